The van der Waals surface area contributed by atoms with Crippen LogP contribution in [0.4, 0.5) is 4.39 Å². The number of carboxylic acids is 1. The Balaban J connectivity index is 1.63. The first-order valence-electron chi connectivity index (χ1n) is 12.1. The van der Waals surface area contributed by atoms with Gasteiger partial charge in [-0.25, -0.2) is 14.4 Å². The van der Waals surface area contributed by atoms with E-state index in [1.807, 2.05) is 19.1 Å². The molecule has 8 heteroatoms. The van der Waals surface area contributed by atoms with Crippen molar-refractivity contribution in [3.05, 3.63) is 94.4 Å². The van der Waals surface area contributed by atoms with Crippen molar-refractivity contribution in [3.63, 3.8) is 0 Å². The van der Waals surface area contributed by atoms with Crippen molar-refractivity contribution in [2.45, 2.75) is 39.2 Å². The minimum absolute atomic E-state index is 0.223. The normalized spacial score (nSPS) is 12.8. The fourth-order valence-electron chi connectivity index (χ4n) is 4.06. The van der Waals surface area contributed by atoms with Crippen LogP contribution in [0.15, 0.2) is 66.7 Å². The number of carboxylic acid groups (broad SMARTS) is 1. The Kier molecular flexibility index (Phi) is 8.14. The number of amides is 1. The van der Waals surface area contributed by atoms with E-state index in [1.165, 1.54) is 12.1 Å². The highest BCUT2D eigenvalue weighted by atomic mass is 35.5. The van der Waals surface area contributed by atoms with Gasteiger partial charge in [0.25, 0.3) is 5.91 Å². The van der Waals surface area contributed by atoms with E-state index in [0.717, 1.165) is 11.1 Å². The van der Waals surface area contributed by atoms with E-state index in [0.29, 0.717) is 52.3 Å². The van der Waals surface area contributed by atoms with Gasteiger partial charge in [0.2, 0.25) is 0 Å². The lowest BCUT2D eigenvalue weighted by Crippen LogP contribution is -2.26. The molecule has 3 aromatic carbocycles. The summed E-state index contributed by atoms with van der Waals surface area (Å²) in [5.74, 6) is -1.91. The second kappa shape index (κ2) is 11.5. The lowest BCUT2D eigenvalue weighted by Gasteiger charge is -2.15. The Morgan fingerprint density at radius 1 is 0.973 bits per heavy atom. The van der Waals surface area contributed by atoms with E-state index in [1.54, 1.807) is 49.4 Å². The van der Waals surface area contributed by atoms with Crippen LogP contribution < -0.4 is 5.32 Å². The number of halogens is 2. The standard InChI is InChI=1S/C29H27ClFN3O3/c1-17(29(36)37)4-3-5-25-27(20-8-13-23(31)14-9-20)34-24-15-10-21(16-26(24)33-25)28(35)32-18(2)19-6-11-22(30)12-7-19/h6-18H,3-5H2,1-2H3,(H,32,35)(H,36,37)/t17?,18-/m1/s1. The lowest BCUT2D eigenvalue weighted by atomic mass is 10.0. The Hall–Kier alpha value is -3.84. The molecule has 2 atom stereocenters. The number of carbonyl (C=O) groups is 2. The highest BCUT2D eigenvalue weighted by molar-refractivity contribution is 6.30. The molecule has 4 rings (SSSR count). The van der Waals surface area contributed by atoms with Gasteiger partial charge >= 0.3 is 5.97 Å². The number of carbonyl (C=O) groups excluding carboxylic acids is 1. The molecule has 0 aliphatic carbocycles. The highest BCUT2D eigenvalue weighted by Crippen LogP contribution is 2.26. The second-order valence-corrected chi connectivity index (χ2v) is 9.54. The predicted octanol–water partition coefficient (Wildman–Crippen LogP) is 6.62. The van der Waals surface area contributed by atoms with E-state index < -0.39 is 11.9 Å². The Bertz CT molecular complexity index is 1430. The predicted molar refractivity (Wildman–Crippen MR) is 142 cm³/mol. The molecule has 0 aliphatic heterocycles. The summed E-state index contributed by atoms with van der Waals surface area (Å²) < 4.78 is 13.5. The van der Waals surface area contributed by atoms with Crippen molar-refractivity contribution in [1.82, 2.24) is 15.3 Å². The van der Waals surface area contributed by atoms with Crippen LogP contribution in [0.25, 0.3) is 22.3 Å². The van der Waals surface area contributed by atoms with Gasteiger partial charge < -0.3 is 10.4 Å². The molecule has 1 aromatic heterocycles. The van der Waals surface area contributed by atoms with E-state index >= 15 is 0 Å². The van der Waals surface area contributed by atoms with Crippen molar-refractivity contribution in [1.29, 1.82) is 0 Å². The fraction of sp³-hybridized carbons (Fsp3) is 0.241. The quantitative estimate of drug-likeness (QED) is 0.259. The number of aromatic nitrogens is 2. The Labute approximate surface area is 219 Å². The number of hydrogen-bond acceptors (Lipinski definition) is 4. The monoisotopic (exact) mass is 519 g/mol. The van der Waals surface area contributed by atoms with Gasteiger partial charge in [0, 0.05) is 16.1 Å². The zero-order valence-corrected chi connectivity index (χ0v) is 21.3. The van der Waals surface area contributed by atoms with Gasteiger partial charge in [0.1, 0.15) is 5.82 Å². The maximum atomic E-state index is 13.5. The highest BCUT2D eigenvalue weighted by Gasteiger charge is 2.17. The third kappa shape index (κ3) is 6.49. The molecule has 2 N–H and O–H groups in total. The molecule has 0 fully saturated rings. The van der Waals surface area contributed by atoms with Gasteiger partial charge in [-0.1, -0.05) is 30.7 Å². The van der Waals surface area contributed by atoms with Gasteiger partial charge in [-0.3, -0.25) is 9.59 Å². The first-order chi connectivity index (χ1) is 17.7. The maximum absolute atomic E-state index is 13.5. The summed E-state index contributed by atoms with van der Waals surface area (Å²) in [5.41, 5.74) is 4.54. The fourth-order valence-corrected chi connectivity index (χ4v) is 4.19. The molecule has 190 valence electrons. The number of fused-ring (bicyclic) bond motifs is 1. The molecular formula is C29H27ClFN3O3. The van der Waals surface area contributed by atoms with Gasteiger partial charge in [0.05, 0.1) is 34.4 Å². The summed E-state index contributed by atoms with van der Waals surface area (Å²) in [6, 6.07) is 18.2. The molecule has 4 aromatic rings. The van der Waals surface area contributed by atoms with Crippen LogP contribution >= 0.6 is 11.6 Å². The van der Waals surface area contributed by atoms with E-state index in [4.69, 9.17) is 21.6 Å². The average Bonchev–Trinajstić information content (AvgIpc) is 2.88. The molecular weight excluding hydrogens is 493 g/mol. The van der Waals surface area contributed by atoms with Crippen LogP contribution in [-0.2, 0) is 11.2 Å². The van der Waals surface area contributed by atoms with Crippen molar-refractivity contribution in [2.75, 3.05) is 0 Å². The zero-order chi connectivity index (χ0) is 26.5. The van der Waals surface area contributed by atoms with Gasteiger partial charge in [-0.2, -0.15) is 0 Å². The second-order valence-electron chi connectivity index (χ2n) is 9.11. The molecule has 1 unspecified atom stereocenters. The molecule has 37 heavy (non-hydrogen) atoms. The van der Waals surface area contributed by atoms with Gasteiger partial charge in [-0.15, -0.1) is 0 Å². The summed E-state index contributed by atoms with van der Waals surface area (Å²) in [5, 5.41) is 12.8. The third-order valence-corrected chi connectivity index (χ3v) is 6.56. The molecule has 0 bridgehead atoms. The topological polar surface area (TPSA) is 92.2 Å². The molecule has 0 spiro atoms. The van der Waals surface area contributed by atoms with Gasteiger partial charge in [-0.05, 0) is 86.3 Å². The average molecular weight is 520 g/mol. The van der Waals surface area contributed by atoms with Crippen molar-refractivity contribution in [2.24, 2.45) is 5.92 Å². The lowest BCUT2D eigenvalue weighted by molar-refractivity contribution is -0.141. The third-order valence-electron chi connectivity index (χ3n) is 6.31. The molecule has 0 aliphatic rings. The summed E-state index contributed by atoms with van der Waals surface area (Å²) in [6.45, 7) is 3.57. The van der Waals surface area contributed by atoms with Gasteiger partial charge in [0.15, 0.2) is 0 Å². The largest absolute Gasteiger partial charge is 0.481 e. The van der Waals surface area contributed by atoms with Crippen LogP contribution in [0.2, 0.25) is 5.02 Å². The first-order valence-corrected chi connectivity index (χ1v) is 12.4. The molecule has 1 amide bonds. The molecule has 6 nitrogen and oxygen atoms in total. The van der Waals surface area contributed by atoms with Crippen LogP contribution in [-0.4, -0.2) is 27.0 Å². The van der Waals surface area contributed by atoms with Crippen molar-refractivity contribution < 1.29 is 19.1 Å². The van der Waals surface area contributed by atoms with Crippen LogP contribution in [0.1, 0.15) is 54.3 Å². The molecule has 0 saturated carbocycles. The smallest absolute Gasteiger partial charge is 0.306 e. The Morgan fingerprint density at radius 2 is 1.68 bits per heavy atom. The van der Waals surface area contributed by atoms with E-state index in [2.05, 4.69) is 5.32 Å². The van der Waals surface area contributed by atoms with E-state index in [-0.39, 0.29) is 17.8 Å². The summed E-state index contributed by atoms with van der Waals surface area (Å²) in [4.78, 5) is 33.8. The maximum Gasteiger partial charge on any atom is 0.306 e. The number of benzene rings is 3. The summed E-state index contributed by atoms with van der Waals surface area (Å²) >= 11 is 5.96. The molecule has 0 radical (unpaired) electrons. The van der Waals surface area contributed by atoms with Crippen LogP contribution in [0.3, 0.4) is 0 Å². The molecule has 0 saturated heterocycles. The zero-order valence-electron chi connectivity index (χ0n) is 20.5. The number of nitrogens with zero attached hydrogens (tertiary/aromatic N) is 2. The number of nitrogens with one attached hydrogen (secondary N) is 1. The number of aryl methyl sites for hydroxylation is 1. The van der Waals surface area contributed by atoms with Crippen LogP contribution in [0.5, 0.6) is 0 Å². The SMILES string of the molecule is CC(CCCc1nc2cc(C(=O)N[C@H](C)c3ccc(Cl)cc3)ccc2nc1-c1ccc(F)cc1)C(=O)O. The number of aliphatic carboxylic acids is 1. The number of hydrogen-bond donors (Lipinski definition) is 2. The first kappa shape index (κ1) is 26.2. The Morgan fingerprint density at radius 3 is 2.35 bits per heavy atom. The van der Waals surface area contributed by atoms with Crippen LogP contribution in [0, 0.1) is 11.7 Å². The minimum atomic E-state index is -0.841. The van der Waals surface area contributed by atoms with Crippen molar-refractivity contribution in [3.8, 4) is 11.3 Å². The van der Waals surface area contributed by atoms with Crippen molar-refractivity contribution >= 4 is 34.5 Å². The molecule has 1 heterocycles. The van der Waals surface area contributed by atoms with E-state index in [9.17, 15) is 19.1 Å². The number of rotatable bonds is 9. The minimum Gasteiger partial charge on any atom is -0.481 e. The summed E-state index contributed by atoms with van der Waals surface area (Å²) in [7, 11) is 0. The summed E-state index contributed by atoms with van der Waals surface area (Å²) in [6.07, 6.45) is 1.58.